The maximum atomic E-state index is 12.9. The molecular formula is C21H21ClF3N5O3. The zero-order valence-corrected chi connectivity index (χ0v) is 18.2. The van der Waals surface area contributed by atoms with E-state index in [0.29, 0.717) is 43.2 Å². The number of halogens is 4. The lowest BCUT2D eigenvalue weighted by Crippen LogP contribution is -2.48. The minimum Gasteiger partial charge on any atom is -0.458 e. The number of alkyl halides is 3. The fourth-order valence-corrected chi connectivity index (χ4v) is 4.03. The van der Waals surface area contributed by atoms with Crippen molar-refractivity contribution in [3.8, 4) is 6.01 Å². The summed E-state index contributed by atoms with van der Waals surface area (Å²) in [5.74, 6) is -0.255. The highest BCUT2D eigenvalue weighted by atomic mass is 35.5. The van der Waals surface area contributed by atoms with E-state index in [0.717, 1.165) is 12.3 Å². The quantitative estimate of drug-likeness (QED) is 0.651. The number of benzene rings is 1. The van der Waals surface area contributed by atoms with Gasteiger partial charge in [-0.15, -0.1) is 0 Å². The zero-order valence-electron chi connectivity index (χ0n) is 17.5. The van der Waals surface area contributed by atoms with Crippen LogP contribution in [0.4, 0.5) is 23.7 Å². The molecule has 4 rings (SSSR count). The number of hydrogen-bond acceptors (Lipinski definition) is 5. The third-order valence-electron chi connectivity index (χ3n) is 5.47. The van der Waals surface area contributed by atoms with Crippen molar-refractivity contribution in [2.24, 2.45) is 0 Å². The zero-order chi connectivity index (χ0) is 23.6. The molecule has 0 radical (unpaired) electrons. The lowest BCUT2D eigenvalue weighted by atomic mass is 10.1. The molecule has 2 aliphatic rings. The first-order chi connectivity index (χ1) is 15.7. The fourth-order valence-electron chi connectivity index (χ4n) is 3.84. The molecule has 0 aliphatic carbocycles. The fraction of sp³-hybridized carbons (Fsp3) is 0.429. The van der Waals surface area contributed by atoms with Crippen LogP contribution >= 0.6 is 11.6 Å². The van der Waals surface area contributed by atoms with Crippen molar-refractivity contribution < 1.29 is 27.5 Å². The van der Waals surface area contributed by atoms with Gasteiger partial charge in [0.1, 0.15) is 12.6 Å². The molecule has 12 heteroatoms. The van der Waals surface area contributed by atoms with Gasteiger partial charge in [-0.25, -0.2) is 9.78 Å². The van der Waals surface area contributed by atoms with Gasteiger partial charge in [-0.2, -0.15) is 18.2 Å². The summed E-state index contributed by atoms with van der Waals surface area (Å²) in [6, 6.07) is 7.03. The molecule has 0 saturated carbocycles. The lowest BCUT2D eigenvalue weighted by Gasteiger charge is -2.33. The van der Waals surface area contributed by atoms with Crippen molar-refractivity contribution in [3.05, 3.63) is 47.2 Å². The van der Waals surface area contributed by atoms with Gasteiger partial charge in [0.15, 0.2) is 5.69 Å². The summed E-state index contributed by atoms with van der Waals surface area (Å²) in [5.41, 5.74) is -0.428. The smallest absolute Gasteiger partial charge is 0.433 e. The van der Waals surface area contributed by atoms with E-state index < -0.39 is 18.0 Å². The Morgan fingerprint density at radius 3 is 2.79 bits per heavy atom. The summed E-state index contributed by atoms with van der Waals surface area (Å²) < 4.78 is 44.1. The van der Waals surface area contributed by atoms with Crippen molar-refractivity contribution in [1.82, 2.24) is 19.8 Å². The molecule has 1 aromatic heterocycles. The Kier molecular flexibility index (Phi) is 6.59. The van der Waals surface area contributed by atoms with Crippen molar-refractivity contribution in [2.75, 3.05) is 37.6 Å². The average molecular weight is 484 g/mol. The van der Waals surface area contributed by atoms with E-state index >= 15 is 0 Å². The largest absolute Gasteiger partial charge is 0.458 e. The molecule has 176 valence electrons. The predicted molar refractivity (Wildman–Crippen MR) is 113 cm³/mol. The first kappa shape index (κ1) is 23.1. The molecule has 33 heavy (non-hydrogen) atoms. The number of anilines is 1. The van der Waals surface area contributed by atoms with Gasteiger partial charge in [-0.1, -0.05) is 17.7 Å². The Balaban J connectivity index is 1.34. The molecule has 0 N–H and O–H groups in total. The highest BCUT2D eigenvalue weighted by Crippen LogP contribution is 2.28. The summed E-state index contributed by atoms with van der Waals surface area (Å²) in [4.78, 5) is 37.3. The third kappa shape index (κ3) is 5.47. The predicted octanol–water partition coefficient (Wildman–Crippen LogP) is 3.46. The number of carbonyl (C=O) groups is 2. The molecular weight excluding hydrogens is 463 g/mol. The number of aromatic nitrogens is 2. The molecule has 0 spiro atoms. The molecule has 1 unspecified atom stereocenters. The Morgan fingerprint density at radius 1 is 1.21 bits per heavy atom. The molecule has 0 bridgehead atoms. The van der Waals surface area contributed by atoms with Gasteiger partial charge in [0.05, 0.1) is 6.54 Å². The van der Waals surface area contributed by atoms with E-state index in [1.54, 1.807) is 34.1 Å². The first-order valence-electron chi connectivity index (χ1n) is 10.4. The van der Waals surface area contributed by atoms with Crippen LogP contribution in [0.1, 0.15) is 18.5 Å². The number of piperidine rings is 1. The van der Waals surface area contributed by atoms with E-state index in [9.17, 15) is 22.8 Å². The van der Waals surface area contributed by atoms with Gasteiger partial charge in [0, 0.05) is 36.5 Å². The number of ether oxygens (including phenoxy) is 1. The van der Waals surface area contributed by atoms with E-state index in [2.05, 4.69) is 9.97 Å². The molecule has 2 fully saturated rings. The van der Waals surface area contributed by atoms with Crippen LogP contribution in [-0.2, 0) is 11.0 Å². The number of amides is 3. The van der Waals surface area contributed by atoms with Crippen LogP contribution in [0.5, 0.6) is 6.01 Å². The van der Waals surface area contributed by atoms with Crippen LogP contribution < -0.4 is 9.64 Å². The molecule has 3 amide bonds. The van der Waals surface area contributed by atoms with Gasteiger partial charge in [0.25, 0.3) is 0 Å². The van der Waals surface area contributed by atoms with Crippen LogP contribution in [0.2, 0.25) is 5.02 Å². The SMILES string of the molecule is O=C(CN1CCN(c2cccc(Cl)c2)C1=O)N1CCCC(Oc2nccc(C(F)(F)F)n2)C1. The summed E-state index contributed by atoms with van der Waals surface area (Å²) in [6.07, 6.45) is -2.99. The number of likely N-dealkylation sites (tertiary alicyclic amines) is 1. The topological polar surface area (TPSA) is 78.9 Å². The van der Waals surface area contributed by atoms with Crippen LogP contribution in [0.3, 0.4) is 0 Å². The molecule has 8 nitrogen and oxygen atoms in total. The van der Waals surface area contributed by atoms with E-state index in [1.807, 2.05) is 0 Å². The Hall–Kier alpha value is -3.08. The Labute approximate surface area is 192 Å². The number of carbonyl (C=O) groups excluding carboxylic acids is 2. The van der Waals surface area contributed by atoms with E-state index in [1.165, 1.54) is 4.90 Å². The number of rotatable bonds is 5. The second-order valence-corrected chi connectivity index (χ2v) is 8.22. The maximum Gasteiger partial charge on any atom is 0.433 e. The van der Waals surface area contributed by atoms with Crippen molar-refractivity contribution >= 4 is 29.2 Å². The molecule has 2 aliphatic heterocycles. The van der Waals surface area contributed by atoms with E-state index in [-0.39, 0.29) is 31.0 Å². The highest BCUT2D eigenvalue weighted by molar-refractivity contribution is 6.30. The summed E-state index contributed by atoms with van der Waals surface area (Å²) in [5, 5.41) is 0.513. The second kappa shape index (κ2) is 9.42. The van der Waals surface area contributed by atoms with Gasteiger partial charge in [-0.3, -0.25) is 9.69 Å². The summed E-state index contributed by atoms with van der Waals surface area (Å²) >= 11 is 6.01. The van der Waals surface area contributed by atoms with Gasteiger partial charge in [0.2, 0.25) is 5.91 Å². The Morgan fingerprint density at radius 2 is 2.03 bits per heavy atom. The minimum atomic E-state index is -4.60. The first-order valence-corrected chi connectivity index (χ1v) is 10.7. The van der Waals surface area contributed by atoms with Crippen LogP contribution in [0.15, 0.2) is 36.5 Å². The lowest BCUT2D eigenvalue weighted by molar-refractivity contribution is -0.141. The summed E-state index contributed by atoms with van der Waals surface area (Å²) in [7, 11) is 0. The average Bonchev–Trinajstić information content (AvgIpc) is 3.13. The number of urea groups is 1. The van der Waals surface area contributed by atoms with Crippen molar-refractivity contribution in [1.29, 1.82) is 0 Å². The molecule has 3 heterocycles. The molecule has 1 aromatic carbocycles. The van der Waals surface area contributed by atoms with Gasteiger partial charge in [-0.05, 0) is 37.1 Å². The number of hydrogen-bond donors (Lipinski definition) is 0. The van der Waals surface area contributed by atoms with Crippen molar-refractivity contribution in [3.63, 3.8) is 0 Å². The second-order valence-electron chi connectivity index (χ2n) is 7.78. The van der Waals surface area contributed by atoms with Crippen molar-refractivity contribution in [2.45, 2.75) is 25.1 Å². The van der Waals surface area contributed by atoms with Crippen LogP contribution in [0, 0.1) is 0 Å². The number of nitrogens with zero attached hydrogens (tertiary/aromatic N) is 5. The highest BCUT2D eigenvalue weighted by Gasteiger charge is 2.35. The van der Waals surface area contributed by atoms with E-state index in [4.69, 9.17) is 16.3 Å². The monoisotopic (exact) mass is 483 g/mol. The van der Waals surface area contributed by atoms with Crippen LogP contribution in [0.25, 0.3) is 0 Å². The Bertz CT molecular complexity index is 1040. The van der Waals surface area contributed by atoms with Gasteiger partial charge >= 0.3 is 18.2 Å². The summed E-state index contributed by atoms with van der Waals surface area (Å²) in [6.45, 7) is 1.39. The molecule has 2 aromatic rings. The molecule has 2 saturated heterocycles. The van der Waals surface area contributed by atoms with Crippen LogP contribution in [-0.4, -0.2) is 70.5 Å². The third-order valence-corrected chi connectivity index (χ3v) is 5.70. The standard InChI is InChI=1S/C21H21ClF3N5O3/c22-14-3-1-4-15(11-14)30-10-9-29(20(30)32)13-18(31)28-8-2-5-16(12-28)33-19-26-7-6-17(27-19)21(23,24)25/h1,3-4,6-7,11,16H,2,5,8-10,12-13H2. The molecule has 1 atom stereocenters. The maximum absolute atomic E-state index is 12.9. The minimum absolute atomic E-state index is 0.0946. The normalized spacial score (nSPS) is 19.2. The van der Waals surface area contributed by atoms with Gasteiger partial charge < -0.3 is 14.5 Å².